The Morgan fingerprint density at radius 2 is 2.40 bits per heavy atom. The number of carbonyl (C=O) groups excluding carboxylic acids is 1. The molecule has 0 bridgehead atoms. The summed E-state index contributed by atoms with van der Waals surface area (Å²) in [6, 6.07) is 0. The van der Waals surface area contributed by atoms with Crippen molar-refractivity contribution in [2.45, 2.75) is 13.3 Å². The molecule has 0 fully saturated rings. The van der Waals surface area contributed by atoms with Gasteiger partial charge in [-0.1, -0.05) is 0 Å². The summed E-state index contributed by atoms with van der Waals surface area (Å²) in [6.45, 7) is 1.92. The molecular formula is C7H11N3O4S. The van der Waals surface area contributed by atoms with Gasteiger partial charge in [-0.2, -0.15) is 0 Å². The molecule has 0 saturated carbocycles. The SMILES string of the molecule is Cc1nc(NC=O)sc1CCON(O)O. The second kappa shape index (κ2) is 5.73. The van der Waals surface area contributed by atoms with Crippen LogP contribution >= 0.6 is 11.3 Å². The quantitative estimate of drug-likeness (QED) is 0.491. The lowest BCUT2D eigenvalue weighted by Gasteiger charge is -2.04. The van der Waals surface area contributed by atoms with E-state index < -0.39 is 0 Å². The molecule has 1 aromatic heterocycles. The Bertz CT molecular complexity index is 328. The van der Waals surface area contributed by atoms with Gasteiger partial charge < -0.3 is 5.32 Å². The third-order valence-electron chi connectivity index (χ3n) is 1.61. The first-order valence-corrected chi connectivity index (χ1v) is 4.92. The molecule has 1 aromatic rings. The van der Waals surface area contributed by atoms with Crippen LogP contribution in [0.2, 0.25) is 0 Å². The summed E-state index contributed by atoms with van der Waals surface area (Å²) in [7, 11) is 0. The highest BCUT2D eigenvalue weighted by Gasteiger charge is 2.07. The second-order valence-corrected chi connectivity index (χ2v) is 3.71. The highest BCUT2D eigenvalue weighted by Crippen LogP contribution is 2.22. The van der Waals surface area contributed by atoms with Crippen LogP contribution in [0.15, 0.2) is 0 Å². The highest BCUT2D eigenvalue weighted by atomic mass is 32.1. The first kappa shape index (κ1) is 12.0. The number of hydrogen-bond acceptors (Lipinski definition) is 7. The van der Waals surface area contributed by atoms with Crippen LogP contribution < -0.4 is 5.32 Å². The van der Waals surface area contributed by atoms with E-state index in [1.54, 1.807) is 6.92 Å². The lowest BCUT2D eigenvalue weighted by Crippen LogP contribution is -2.16. The van der Waals surface area contributed by atoms with Gasteiger partial charge in [0.15, 0.2) is 5.13 Å². The summed E-state index contributed by atoms with van der Waals surface area (Å²) < 4.78 is 0. The number of rotatable bonds is 6. The van der Waals surface area contributed by atoms with Gasteiger partial charge in [-0.3, -0.25) is 20.0 Å². The van der Waals surface area contributed by atoms with Crippen LogP contribution in [-0.4, -0.2) is 33.8 Å². The van der Waals surface area contributed by atoms with Crippen molar-refractivity contribution in [1.29, 1.82) is 0 Å². The molecule has 0 aliphatic rings. The molecule has 0 radical (unpaired) electrons. The molecule has 0 aromatic carbocycles. The van der Waals surface area contributed by atoms with Gasteiger partial charge in [0, 0.05) is 11.3 Å². The fourth-order valence-corrected chi connectivity index (χ4v) is 1.89. The maximum Gasteiger partial charge on any atom is 0.213 e. The van der Waals surface area contributed by atoms with Crippen molar-refractivity contribution in [2.75, 3.05) is 11.9 Å². The maximum absolute atomic E-state index is 10.2. The Balaban J connectivity index is 2.49. The largest absolute Gasteiger partial charge is 0.305 e. The second-order valence-electron chi connectivity index (χ2n) is 2.63. The van der Waals surface area contributed by atoms with Crippen molar-refractivity contribution in [3.8, 4) is 0 Å². The van der Waals surface area contributed by atoms with Crippen molar-refractivity contribution in [3.63, 3.8) is 0 Å². The zero-order chi connectivity index (χ0) is 11.3. The molecule has 1 amide bonds. The Morgan fingerprint density at radius 1 is 1.67 bits per heavy atom. The Morgan fingerprint density at radius 3 is 3.00 bits per heavy atom. The van der Waals surface area contributed by atoms with Gasteiger partial charge in [-0.25, -0.2) is 4.98 Å². The van der Waals surface area contributed by atoms with E-state index in [2.05, 4.69) is 15.1 Å². The number of hydrogen-bond donors (Lipinski definition) is 3. The number of anilines is 1. The molecule has 1 rings (SSSR count). The molecule has 0 atom stereocenters. The number of aryl methyl sites for hydroxylation is 1. The molecule has 0 spiro atoms. The van der Waals surface area contributed by atoms with Crippen molar-refractivity contribution < 1.29 is 20.0 Å². The van der Waals surface area contributed by atoms with Crippen LogP contribution in [0.25, 0.3) is 0 Å². The minimum Gasteiger partial charge on any atom is -0.305 e. The molecule has 1 heterocycles. The molecule has 7 nitrogen and oxygen atoms in total. The number of aromatic nitrogens is 1. The number of nitrogens with zero attached hydrogens (tertiary/aromatic N) is 2. The van der Waals surface area contributed by atoms with Crippen LogP contribution in [0.1, 0.15) is 10.6 Å². The normalized spacial score (nSPS) is 10.7. The van der Waals surface area contributed by atoms with E-state index in [0.717, 1.165) is 10.6 Å². The summed E-state index contributed by atoms with van der Waals surface area (Å²) in [5.74, 6) is 0. The summed E-state index contributed by atoms with van der Waals surface area (Å²) in [5.41, 5.74) is 0.787. The average Bonchev–Trinajstić information content (AvgIpc) is 2.47. The maximum atomic E-state index is 10.2. The molecule has 84 valence electrons. The molecular weight excluding hydrogens is 222 g/mol. The minimum absolute atomic E-state index is 0.122. The number of amides is 1. The van der Waals surface area contributed by atoms with Gasteiger partial charge in [-0.05, 0) is 6.92 Å². The van der Waals surface area contributed by atoms with Gasteiger partial charge in [0.25, 0.3) is 0 Å². The van der Waals surface area contributed by atoms with Crippen LogP contribution in [0.4, 0.5) is 5.13 Å². The summed E-state index contributed by atoms with van der Waals surface area (Å²) in [6.07, 6.45) is 1.05. The van der Waals surface area contributed by atoms with Crippen LogP contribution in [0, 0.1) is 6.92 Å². The van der Waals surface area contributed by atoms with E-state index in [9.17, 15) is 4.79 Å². The van der Waals surface area contributed by atoms with Gasteiger partial charge >= 0.3 is 0 Å². The van der Waals surface area contributed by atoms with Crippen LogP contribution in [0.3, 0.4) is 0 Å². The first-order chi connectivity index (χ1) is 7.13. The minimum atomic E-state index is -0.332. The van der Waals surface area contributed by atoms with E-state index in [1.807, 2.05) is 0 Å². The topological polar surface area (TPSA) is 94.9 Å². The van der Waals surface area contributed by atoms with E-state index in [1.165, 1.54) is 11.3 Å². The predicted octanol–water partition coefficient (Wildman–Crippen LogP) is 0.574. The van der Waals surface area contributed by atoms with E-state index in [4.69, 9.17) is 10.4 Å². The van der Waals surface area contributed by atoms with Crippen LogP contribution in [0.5, 0.6) is 0 Å². The lowest BCUT2D eigenvalue weighted by molar-refractivity contribution is -0.492. The molecule has 0 unspecified atom stereocenters. The highest BCUT2D eigenvalue weighted by molar-refractivity contribution is 7.15. The standard InChI is InChI=1S/C7H11N3O4S/c1-5-6(2-3-14-10(12)13)15-7(9-5)8-4-11/h4,12-13H,2-3H2,1H3,(H,8,9,11). The Hall–Kier alpha value is -1.06. The third kappa shape index (κ3) is 3.90. The van der Waals surface area contributed by atoms with Gasteiger partial charge in [0.05, 0.1) is 17.7 Å². The average molecular weight is 233 g/mol. The monoisotopic (exact) mass is 233 g/mol. The number of nitrogens with one attached hydrogen (secondary N) is 1. The molecule has 0 aliphatic carbocycles. The zero-order valence-corrected chi connectivity index (χ0v) is 8.82. The van der Waals surface area contributed by atoms with Crippen molar-refractivity contribution in [1.82, 2.24) is 10.4 Å². The third-order valence-corrected chi connectivity index (χ3v) is 2.76. The molecule has 0 saturated heterocycles. The predicted molar refractivity (Wildman–Crippen MR) is 51.6 cm³/mol. The van der Waals surface area contributed by atoms with Crippen LogP contribution in [-0.2, 0) is 16.1 Å². The molecule has 8 heteroatoms. The first-order valence-electron chi connectivity index (χ1n) is 4.10. The smallest absolute Gasteiger partial charge is 0.213 e. The van der Waals surface area contributed by atoms with Crippen molar-refractivity contribution in [2.24, 2.45) is 0 Å². The zero-order valence-electron chi connectivity index (χ0n) is 8.01. The molecule has 0 aliphatic heterocycles. The van der Waals surface area contributed by atoms with Crippen molar-refractivity contribution in [3.05, 3.63) is 10.6 Å². The Labute approximate surface area is 89.8 Å². The Kier molecular flexibility index (Phi) is 4.59. The van der Waals surface area contributed by atoms with Gasteiger partial charge in [0.2, 0.25) is 6.41 Å². The lowest BCUT2D eigenvalue weighted by atomic mass is 10.3. The van der Waals surface area contributed by atoms with Gasteiger partial charge in [0.1, 0.15) is 0 Å². The van der Waals surface area contributed by atoms with E-state index in [-0.39, 0.29) is 12.0 Å². The fraction of sp³-hybridized carbons (Fsp3) is 0.429. The number of thiazole rings is 1. The molecule has 3 N–H and O–H groups in total. The van der Waals surface area contributed by atoms with E-state index in [0.29, 0.717) is 18.0 Å². The van der Waals surface area contributed by atoms with E-state index >= 15 is 0 Å². The summed E-state index contributed by atoms with van der Waals surface area (Å²) >= 11 is 1.32. The summed E-state index contributed by atoms with van der Waals surface area (Å²) in [5, 5.41) is 19.2. The fourth-order valence-electron chi connectivity index (χ4n) is 0.992. The van der Waals surface area contributed by atoms with Gasteiger partial charge in [-0.15, -0.1) is 11.3 Å². The van der Waals surface area contributed by atoms with Crippen molar-refractivity contribution >= 4 is 22.9 Å². The number of carbonyl (C=O) groups is 1. The molecule has 15 heavy (non-hydrogen) atoms. The summed E-state index contributed by atoms with van der Waals surface area (Å²) in [4.78, 5) is 19.6.